The van der Waals surface area contributed by atoms with Crippen molar-refractivity contribution in [3.8, 4) is 5.88 Å². The van der Waals surface area contributed by atoms with Crippen LogP contribution in [-0.4, -0.2) is 15.0 Å². The van der Waals surface area contributed by atoms with Gasteiger partial charge in [-0.25, -0.2) is 9.97 Å². The summed E-state index contributed by atoms with van der Waals surface area (Å²) in [5, 5.41) is 2.16. The van der Waals surface area contributed by atoms with Crippen LogP contribution in [0.3, 0.4) is 0 Å². The summed E-state index contributed by atoms with van der Waals surface area (Å²) in [6.45, 7) is 4.53. The Kier molecular flexibility index (Phi) is 2.76. The molecule has 0 radical (unpaired) electrons. The van der Waals surface area contributed by atoms with Gasteiger partial charge in [-0.1, -0.05) is 0 Å². The van der Waals surface area contributed by atoms with E-state index in [1.165, 1.54) is 0 Å². The average molecular weight is 259 g/mol. The molecule has 5 heteroatoms. The summed E-state index contributed by atoms with van der Waals surface area (Å²) in [5.41, 5.74) is 2.18. The molecule has 3 rings (SSSR count). The molecule has 18 heavy (non-hydrogen) atoms. The van der Waals surface area contributed by atoms with Crippen LogP contribution < -0.4 is 4.74 Å². The first-order chi connectivity index (χ1) is 8.70. The average Bonchev–Trinajstić information content (AvgIpc) is 2.90. The molecule has 0 spiro atoms. The SMILES string of the molecule is Cc1cc2cnc(OCc3cnc(C)s3)cc2[nH]1. The maximum absolute atomic E-state index is 5.66. The molecule has 0 aliphatic carbocycles. The van der Waals surface area contributed by atoms with Crippen molar-refractivity contribution in [2.75, 3.05) is 0 Å². The third-order valence-corrected chi connectivity index (χ3v) is 3.53. The van der Waals surface area contributed by atoms with Gasteiger partial charge in [-0.3, -0.25) is 0 Å². The van der Waals surface area contributed by atoms with Crippen LogP contribution in [0.5, 0.6) is 5.88 Å². The predicted octanol–water partition coefficient (Wildman–Crippen LogP) is 3.22. The fraction of sp³-hybridized carbons (Fsp3) is 0.231. The van der Waals surface area contributed by atoms with E-state index in [1.807, 2.05) is 32.3 Å². The van der Waals surface area contributed by atoms with Gasteiger partial charge in [0.25, 0.3) is 0 Å². The highest BCUT2D eigenvalue weighted by Gasteiger charge is 2.03. The van der Waals surface area contributed by atoms with Crippen molar-refractivity contribution in [2.24, 2.45) is 0 Å². The normalized spacial score (nSPS) is 11.0. The Hall–Kier alpha value is -1.88. The number of nitrogens with one attached hydrogen (secondary N) is 1. The summed E-state index contributed by atoms with van der Waals surface area (Å²) < 4.78 is 5.66. The van der Waals surface area contributed by atoms with E-state index >= 15 is 0 Å². The molecule has 0 bridgehead atoms. The number of hydrogen-bond donors (Lipinski definition) is 1. The lowest BCUT2D eigenvalue weighted by atomic mass is 10.3. The Bertz CT molecular complexity index is 686. The van der Waals surface area contributed by atoms with Gasteiger partial charge < -0.3 is 9.72 Å². The number of pyridine rings is 1. The van der Waals surface area contributed by atoms with Gasteiger partial charge in [-0.15, -0.1) is 11.3 Å². The minimum absolute atomic E-state index is 0.518. The number of aryl methyl sites for hydroxylation is 2. The summed E-state index contributed by atoms with van der Waals surface area (Å²) in [4.78, 5) is 12.9. The lowest BCUT2D eigenvalue weighted by molar-refractivity contribution is 0.297. The van der Waals surface area contributed by atoms with Crippen LogP contribution in [0.4, 0.5) is 0 Å². The van der Waals surface area contributed by atoms with Crippen LogP contribution in [0.15, 0.2) is 24.5 Å². The molecular weight excluding hydrogens is 246 g/mol. The van der Waals surface area contributed by atoms with Crippen LogP contribution in [0.2, 0.25) is 0 Å². The first-order valence-corrected chi connectivity index (χ1v) is 6.52. The van der Waals surface area contributed by atoms with Crippen molar-refractivity contribution >= 4 is 22.2 Å². The number of ether oxygens (including phenoxy) is 1. The van der Waals surface area contributed by atoms with E-state index in [9.17, 15) is 0 Å². The minimum Gasteiger partial charge on any atom is -0.472 e. The van der Waals surface area contributed by atoms with Gasteiger partial charge >= 0.3 is 0 Å². The molecule has 92 valence electrons. The fourth-order valence-corrected chi connectivity index (χ4v) is 2.56. The van der Waals surface area contributed by atoms with E-state index < -0.39 is 0 Å². The van der Waals surface area contributed by atoms with Crippen molar-refractivity contribution in [2.45, 2.75) is 20.5 Å². The van der Waals surface area contributed by atoms with Crippen LogP contribution >= 0.6 is 11.3 Å². The quantitative estimate of drug-likeness (QED) is 0.785. The Morgan fingerprint density at radius 1 is 1.22 bits per heavy atom. The van der Waals surface area contributed by atoms with Crippen LogP contribution in [-0.2, 0) is 6.61 Å². The summed E-state index contributed by atoms with van der Waals surface area (Å²) in [7, 11) is 0. The largest absolute Gasteiger partial charge is 0.472 e. The maximum Gasteiger partial charge on any atom is 0.215 e. The third-order valence-electron chi connectivity index (χ3n) is 2.64. The molecule has 0 aliphatic heterocycles. The zero-order chi connectivity index (χ0) is 12.5. The van der Waals surface area contributed by atoms with Gasteiger partial charge in [0.2, 0.25) is 5.88 Å². The molecule has 3 aromatic heterocycles. The van der Waals surface area contributed by atoms with Gasteiger partial charge in [0.05, 0.1) is 15.4 Å². The number of rotatable bonds is 3. The minimum atomic E-state index is 0.518. The topological polar surface area (TPSA) is 50.8 Å². The second kappa shape index (κ2) is 4.42. The summed E-state index contributed by atoms with van der Waals surface area (Å²) in [6, 6.07) is 3.99. The molecular formula is C13H13N3OS. The summed E-state index contributed by atoms with van der Waals surface area (Å²) >= 11 is 1.64. The molecule has 0 unspecified atom stereocenters. The third kappa shape index (κ3) is 2.22. The van der Waals surface area contributed by atoms with E-state index in [-0.39, 0.29) is 0 Å². The molecule has 3 aromatic rings. The molecule has 0 fully saturated rings. The molecule has 0 saturated heterocycles. The van der Waals surface area contributed by atoms with Crippen molar-refractivity contribution in [3.05, 3.63) is 40.1 Å². The first-order valence-electron chi connectivity index (χ1n) is 5.70. The molecule has 0 atom stereocenters. The van der Waals surface area contributed by atoms with E-state index in [2.05, 4.69) is 21.0 Å². The maximum atomic E-state index is 5.66. The van der Waals surface area contributed by atoms with Crippen molar-refractivity contribution in [1.82, 2.24) is 15.0 Å². The van der Waals surface area contributed by atoms with Crippen molar-refractivity contribution in [3.63, 3.8) is 0 Å². The number of thiazole rings is 1. The Labute approximate surface area is 109 Å². The van der Waals surface area contributed by atoms with Crippen LogP contribution in [0.25, 0.3) is 10.9 Å². The van der Waals surface area contributed by atoms with Gasteiger partial charge in [0.15, 0.2) is 0 Å². The zero-order valence-corrected chi connectivity index (χ0v) is 11.0. The number of hydrogen-bond acceptors (Lipinski definition) is 4. The molecule has 0 saturated carbocycles. The lowest BCUT2D eigenvalue weighted by Crippen LogP contribution is -1.94. The summed E-state index contributed by atoms with van der Waals surface area (Å²) in [5.74, 6) is 0.635. The van der Waals surface area contributed by atoms with Gasteiger partial charge in [-0.05, 0) is 19.9 Å². The van der Waals surface area contributed by atoms with E-state index in [0.29, 0.717) is 12.5 Å². The van der Waals surface area contributed by atoms with Gasteiger partial charge in [0.1, 0.15) is 6.61 Å². The second-order valence-electron chi connectivity index (χ2n) is 4.20. The van der Waals surface area contributed by atoms with E-state index in [4.69, 9.17) is 4.74 Å². The highest BCUT2D eigenvalue weighted by Crippen LogP contribution is 2.20. The first kappa shape index (κ1) is 11.2. The molecule has 1 N–H and O–H groups in total. The molecule has 0 aliphatic rings. The van der Waals surface area contributed by atoms with E-state index in [0.717, 1.165) is 26.5 Å². The monoisotopic (exact) mass is 259 g/mol. The van der Waals surface area contributed by atoms with Crippen LogP contribution in [0, 0.1) is 13.8 Å². The Morgan fingerprint density at radius 3 is 2.89 bits per heavy atom. The highest BCUT2D eigenvalue weighted by atomic mass is 32.1. The standard InChI is InChI=1S/C13H13N3OS/c1-8-3-10-5-15-13(4-12(10)16-8)17-7-11-6-14-9(2)18-11/h3-6,16H,7H2,1-2H3. The van der Waals surface area contributed by atoms with Gasteiger partial charge in [0, 0.05) is 29.5 Å². The Morgan fingerprint density at radius 2 is 2.11 bits per heavy atom. The van der Waals surface area contributed by atoms with Crippen LogP contribution in [0.1, 0.15) is 15.6 Å². The van der Waals surface area contributed by atoms with Crippen molar-refractivity contribution < 1.29 is 4.74 Å². The second-order valence-corrected chi connectivity index (χ2v) is 5.52. The highest BCUT2D eigenvalue weighted by molar-refractivity contribution is 7.11. The number of fused-ring (bicyclic) bond motifs is 1. The number of H-pyrrole nitrogens is 1. The van der Waals surface area contributed by atoms with E-state index in [1.54, 1.807) is 11.3 Å². The molecule has 0 aromatic carbocycles. The predicted molar refractivity (Wildman–Crippen MR) is 72.0 cm³/mol. The van der Waals surface area contributed by atoms with Gasteiger partial charge in [-0.2, -0.15) is 0 Å². The number of nitrogens with zero attached hydrogens (tertiary/aromatic N) is 2. The van der Waals surface area contributed by atoms with Crippen molar-refractivity contribution in [1.29, 1.82) is 0 Å². The molecule has 0 amide bonds. The smallest absolute Gasteiger partial charge is 0.215 e. The lowest BCUT2D eigenvalue weighted by Gasteiger charge is -2.02. The Balaban J connectivity index is 1.78. The zero-order valence-electron chi connectivity index (χ0n) is 10.2. The summed E-state index contributed by atoms with van der Waals surface area (Å²) in [6.07, 6.45) is 3.67. The fourth-order valence-electron chi connectivity index (χ4n) is 1.85. The molecule has 3 heterocycles. The molecule has 4 nitrogen and oxygen atoms in total. The number of aromatic nitrogens is 3. The number of aromatic amines is 1.